The summed E-state index contributed by atoms with van der Waals surface area (Å²) in [4.78, 5) is 13.3. The molecule has 2 heterocycles. The van der Waals surface area contributed by atoms with Crippen molar-refractivity contribution in [2.75, 3.05) is 5.32 Å². The molecule has 0 aliphatic carbocycles. The van der Waals surface area contributed by atoms with Crippen LogP contribution in [-0.4, -0.2) is 5.97 Å². The number of rotatable bonds is 2. The third kappa shape index (κ3) is 2.58. The van der Waals surface area contributed by atoms with Gasteiger partial charge in [0.15, 0.2) is 5.60 Å². The lowest BCUT2D eigenvalue weighted by atomic mass is 9.77. The molecule has 2 aliphatic rings. The fourth-order valence-electron chi connectivity index (χ4n) is 4.50. The van der Waals surface area contributed by atoms with Crippen molar-refractivity contribution in [2.24, 2.45) is 0 Å². The number of esters is 1. The van der Waals surface area contributed by atoms with E-state index in [2.05, 4.69) is 5.32 Å². The molecule has 0 saturated carbocycles. The van der Waals surface area contributed by atoms with Crippen LogP contribution in [-0.2, 0) is 10.3 Å². The first kappa shape index (κ1) is 18.9. The quantitative estimate of drug-likeness (QED) is 0.346. The summed E-state index contributed by atoms with van der Waals surface area (Å²) in [5.41, 5.74) is 1.94. The normalized spacial score (nSPS) is 17.8. The largest absolute Gasteiger partial charge is 0.456 e. The van der Waals surface area contributed by atoms with E-state index in [1.54, 1.807) is 36.4 Å². The molecule has 156 valence electrons. The maximum absolute atomic E-state index is 14.3. The number of hydrogen-bond donors (Lipinski definition) is 1. The summed E-state index contributed by atoms with van der Waals surface area (Å²) >= 11 is 6.22. The SMILES string of the molecule is O=C1OC2(c3ccccc3Oc3cc(Cl)ccc32)c2cccc(Nc3ccccc3F)c21. The van der Waals surface area contributed by atoms with Crippen LogP contribution in [0.25, 0.3) is 0 Å². The van der Waals surface area contributed by atoms with E-state index in [0.717, 1.165) is 0 Å². The molecule has 0 bridgehead atoms. The van der Waals surface area contributed by atoms with Gasteiger partial charge in [0, 0.05) is 21.7 Å². The number of benzene rings is 4. The van der Waals surface area contributed by atoms with E-state index < -0.39 is 17.4 Å². The number of nitrogens with one attached hydrogen (secondary N) is 1. The van der Waals surface area contributed by atoms with Crippen molar-refractivity contribution >= 4 is 28.9 Å². The summed E-state index contributed by atoms with van der Waals surface area (Å²) in [6.45, 7) is 0. The number of para-hydroxylation sites is 2. The van der Waals surface area contributed by atoms with E-state index in [0.29, 0.717) is 44.5 Å². The van der Waals surface area contributed by atoms with Gasteiger partial charge in [0.2, 0.25) is 0 Å². The monoisotopic (exact) mass is 443 g/mol. The van der Waals surface area contributed by atoms with Crippen LogP contribution >= 0.6 is 11.6 Å². The molecule has 1 N–H and O–H groups in total. The predicted octanol–water partition coefficient (Wildman–Crippen LogP) is 6.79. The first-order chi connectivity index (χ1) is 15.6. The Hall–Kier alpha value is -3.83. The third-order valence-electron chi connectivity index (χ3n) is 5.85. The Morgan fingerprint density at radius 1 is 0.781 bits per heavy atom. The van der Waals surface area contributed by atoms with E-state index in [1.807, 2.05) is 42.5 Å². The van der Waals surface area contributed by atoms with Gasteiger partial charge in [0.25, 0.3) is 0 Å². The van der Waals surface area contributed by atoms with E-state index >= 15 is 0 Å². The summed E-state index contributed by atoms with van der Waals surface area (Å²) < 4.78 is 26.6. The van der Waals surface area contributed by atoms with Crippen molar-refractivity contribution < 1.29 is 18.7 Å². The highest BCUT2D eigenvalue weighted by Gasteiger charge is 2.54. The van der Waals surface area contributed by atoms with Crippen LogP contribution in [0.1, 0.15) is 27.0 Å². The van der Waals surface area contributed by atoms with Gasteiger partial charge in [-0.05, 0) is 42.5 Å². The number of fused-ring (bicyclic) bond motifs is 6. The molecule has 0 aromatic heterocycles. The van der Waals surface area contributed by atoms with Crippen LogP contribution < -0.4 is 10.1 Å². The number of carbonyl (C=O) groups is 1. The summed E-state index contributed by atoms with van der Waals surface area (Å²) in [6.07, 6.45) is 0. The van der Waals surface area contributed by atoms with Gasteiger partial charge in [-0.3, -0.25) is 0 Å². The van der Waals surface area contributed by atoms with Crippen molar-refractivity contribution in [3.63, 3.8) is 0 Å². The number of ether oxygens (including phenoxy) is 2. The Balaban J connectivity index is 1.61. The molecule has 4 aromatic rings. The summed E-state index contributed by atoms with van der Waals surface area (Å²) in [6, 6.07) is 24.4. The number of anilines is 2. The highest BCUT2D eigenvalue weighted by molar-refractivity contribution is 6.30. The molecule has 0 radical (unpaired) electrons. The van der Waals surface area contributed by atoms with Crippen molar-refractivity contribution in [1.82, 2.24) is 0 Å². The molecular formula is C26H15ClFNO3. The highest BCUT2D eigenvalue weighted by atomic mass is 35.5. The van der Waals surface area contributed by atoms with Crippen LogP contribution in [0.15, 0.2) is 84.9 Å². The van der Waals surface area contributed by atoms with Gasteiger partial charge < -0.3 is 14.8 Å². The standard InChI is InChI=1S/C26H15ClFNO3/c27-15-12-13-17-23(14-15)31-22-11-4-1-6-16(22)26(17)18-7-5-10-21(24(18)25(30)32-26)29-20-9-3-2-8-19(20)28/h1-14,29H. The Morgan fingerprint density at radius 3 is 2.38 bits per heavy atom. The zero-order valence-electron chi connectivity index (χ0n) is 16.6. The molecular weight excluding hydrogens is 429 g/mol. The van der Waals surface area contributed by atoms with Crippen molar-refractivity contribution in [2.45, 2.75) is 5.60 Å². The minimum Gasteiger partial charge on any atom is -0.456 e. The van der Waals surface area contributed by atoms with E-state index in [1.165, 1.54) is 6.07 Å². The van der Waals surface area contributed by atoms with Gasteiger partial charge in [-0.1, -0.05) is 54.1 Å². The van der Waals surface area contributed by atoms with Crippen molar-refractivity contribution in [3.8, 4) is 11.5 Å². The van der Waals surface area contributed by atoms with Gasteiger partial charge in [-0.15, -0.1) is 0 Å². The average molecular weight is 444 g/mol. The molecule has 6 heteroatoms. The maximum Gasteiger partial charge on any atom is 0.342 e. The molecule has 1 atom stereocenters. The molecule has 4 aromatic carbocycles. The molecule has 1 spiro atoms. The topological polar surface area (TPSA) is 47.6 Å². The van der Waals surface area contributed by atoms with Gasteiger partial charge in [0.05, 0.1) is 16.9 Å². The zero-order valence-corrected chi connectivity index (χ0v) is 17.3. The van der Waals surface area contributed by atoms with E-state index in [9.17, 15) is 9.18 Å². The second-order valence-corrected chi connectivity index (χ2v) is 8.08. The lowest BCUT2D eigenvalue weighted by Gasteiger charge is -2.36. The van der Waals surface area contributed by atoms with Crippen molar-refractivity contribution in [3.05, 3.63) is 118 Å². The lowest BCUT2D eigenvalue weighted by Crippen LogP contribution is -2.32. The molecule has 1 unspecified atom stereocenters. The number of hydrogen-bond acceptors (Lipinski definition) is 4. The maximum atomic E-state index is 14.3. The molecule has 0 saturated heterocycles. The average Bonchev–Trinajstić information content (AvgIpc) is 3.09. The smallest absolute Gasteiger partial charge is 0.342 e. The molecule has 32 heavy (non-hydrogen) atoms. The number of halogens is 2. The summed E-state index contributed by atoms with van der Waals surface area (Å²) in [7, 11) is 0. The Labute approximate surface area is 188 Å². The third-order valence-corrected chi connectivity index (χ3v) is 6.08. The minimum atomic E-state index is -1.20. The Bertz CT molecular complexity index is 1420. The molecule has 2 aliphatic heterocycles. The fraction of sp³-hybridized carbons (Fsp3) is 0.0385. The lowest BCUT2D eigenvalue weighted by molar-refractivity contribution is 0.0225. The zero-order chi connectivity index (χ0) is 21.9. The van der Waals surface area contributed by atoms with Crippen LogP contribution in [0.4, 0.5) is 15.8 Å². The highest BCUT2D eigenvalue weighted by Crippen LogP contribution is 2.57. The van der Waals surface area contributed by atoms with Gasteiger partial charge in [-0.25, -0.2) is 9.18 Å². The molecule has 4 nitrogen and oxygen atoms in total. The molecule has 6 rings (SSSR count). The van der Waals surface area contributed by atoms with Gasteiger partial charge >= 0.3 is 5.97 Å². The van der Waals surface area contributed by atoms with Crippen LogP contribution in [0.3, 0.4) is 0 Å². The first-order valence-corrected chi connectivity index (χ1v) is 10.4. The fourth-order valence-corrected chi connectivity index (χ4v) is 4.67. The van der Waals surface area contributed by atoms with Crippen molar-refractivity contribution in [1.29, 1.82) is 0 Å². The van der Waals surface area contributed by atoms with Crippen LogP contribution in [0.2, 0.25) is 5.02 Å². The predicted molar refractivity (Wildman–Crippen MR) is 119 cm³/mol. The number of carbonyl (C=O) groups excluding carboxylic acids is 1. The van der Waals surface area contributed by atoms with Gasteiger partial charge in [0.1, 0.15) is 17.3 Å². The first-order valence-electron chi connectivity index (χ1n) is 10.0. The van der Waals surface area contributed by atoms with E-state index in [-0.39, 0.29) is 5.69 Å². The van der Waals surface area contributed by atoms with Gasteiger partial charge in [-0.2, -0.15) is 0 Å². The van der Waals surface area contributed by atoms with E-state index in [4.69, 9.17) is 21.1 Å². The molecule has 0 fully saturated rings. The second-order valence-electron chi connectivity index (χ2n) is 7.64. The Kier molecular flexibility index (Phi) is 4.04. The van der Waals surface area contributed by atoms with Crippen LogP contribution in [0.5, 0.6) is 11.5 Å². The Morgan fingerprint density at radius 2 is 1.50 bits per heavy atom. The minimum absolute atomic E-state index is 0.272. The van der Waals surface area contributed by atoms with Crippen LogP contribution in [0, 0.1) is 5.82 Å². The molecule has 0 amide bonds. The summed E-state index contributed by atoms with van der Waals surface area (Å²) in [5, 5.41) is 3.57. The summed E-state index contributed by atoms with van der Waals surface area (Å²) in [5.74, 6) is 0.180. The second kappa shape index (κ2) is 6.84.